The zero-order valence-corrected chi connectivity index (χ0v) is 30.9. The summed E-state index contributed by atoms with van der Waals surface area (Å²) in [5, 5.41) is 10.6. The number of hydrogen-bond donors (Lipinski definition) is 5. The molecule has 14 heteroatoms. The molecule has 4 rings (SSSR count). The third-order valence-electron chi connectivity index (χ3n) is 8.83. The van der Waals surface area contributed by atoms with E-state index in [0.717, 1.165) is 27.8 Å². The van der Waals surface area contributed by atoms with Crippen molar-refractivity contribution < 1.29 is 33.4 Å². The quantitative estimate of drug-likeness (QED) is 0.0676. The zero-order valence-electron chi connectivity index (χ0n) is 30.2. The number of primary amides is 1. The lowest BCUT2D eigenvalue weighted by Crippen LogP contribution is -2.54. The van der Waals surface area contributed by atoms with Crippen LogP contribution in [-0.2, 0) is 31.5 Å². The molecule has 0 aliphatic heterocycles. The number of urea groups is 1. The average molecular weight is 747 g/mol. The van der Waals surface area contributed by atoms with E-state index >= 15 is 0 Å². The highest BCUT2D eigenvalue weighted by Crippen LogP contribution is 2.44. The maximum Gasteiger partial charge on any atom is 0.409 e. The Kier molecular flexibility index (Phi) is 14.7. The first-order chi connectivity index (χ1) is 25.4. The Morgan fingerprint density at radius 2 is 1.58 bits per heavy atom. The van der Waals surface area contributed by atoms with Crippen LogP contribution in [0.15, 0.2) is 79.4 Å². The molecule has 0 bridgehead atoms. The number of alkyl carbamates (subject to hydrolysis) is 1. The van der Waals surface area contributed by atoms with Crippen molar-refractivity contribution in [2.24, 2.45) is 11.7 Å². The molecular weight excluding hydrogens is 700 g/mol. The number of alkyl halides is 1. The minimum absolute atomic E-state index is 0.0395. The molecule has 1 aliphatic carbocycles. The number of carbonyl (C=O) groups excluding carboxylic acids is 5. The van der Waals surface area contributed by atoms with Gasteiger partial charge in [0.05, 0.1) is 0 Å². The van der Waals surface area contributed by atoms with Crippen molar-refractivity contribution in [1.82, 2.24) is 20.9 Å². The fourth-order valence-electron chi connectivity index (χ4n) is 6.12. The molecule has 3 aromatic rings. The second-order valence-electron chi connectivity index (χ2n) is 13.0. The number of benzene rings is 3. The summed E-state index contributed by atoms with van der Waals surface area (Å²) < 4.78 is 10.8. The Balaban J connectivity index is 1.43. The van der Waals surface area contributed by atoms with Gasteiger partial charge in [-0.1, -0.05) is 81.1 Å². The Morgan fingerprint density at radius 1 is 0.925 bits per heavy atom. The first kappa shape index (κ1) is 40.2. The van der Waals surface area contributed by atoms with Crippen LogP contribution in [0.5, 0.6) is 0 Å². The van der Waals surface area contributed by atoms with E-state index < -0.39 is 42.1 Å². The number of carbonyl (C=O) groups is 5. The Labute approximate surface area is 314 Å². The molecule has 53 heavy (non-hydrogen) atoms. The summed E-state index contributed by atoms with van der Waals surface area (Å²) in [6.45, 7) is 7.42. The largest absolute Gasteiger partial charge is 0.448 e. The van der Waals surface area contributed by atoms with Crippen molar-refractivity contribution in [2.75, 3.05) is 32.1 Å². The number of hydrogen-bond acceptors (Lipinski definition) is 7. The van der Waals surface area contributed by atoms with Gasteiger partial charge >= 0.3 is 18.2 Å². The zero-order chi connectivity index (χ0) is 38.5. The fraction of sp³-hybridized carbons (Fsp3) is 0.359. The Hall–Kier alpha value is -5.56. The minimum atomic E-state index is -1.05. The van der Waals surface area contributed by atoms with Crippen LogP contribution >= 0.6 is 11.6 Å². The van der Waals surface area contributed by atoms with Crippen LogP contribution in [0, 0.1) is 5.92 Å². The van der Waals surface area contributed by atoms with E-state index in [-0.39, 0.29) is 50.4 Å². The van der Waals surface area contributed by atoms with Crippen molar-refractivity contribution in [3.05, 3.63) is 102 Å². The molecule has 3 aromatic carbocycles. The summed E-state index contributed by atoms with van der Waals surface area (Å²) >= 11 is 6.26. The van der Waals surface area contributed by atoms with Crippen molar-refractivity contribution in [1.29, 1.82) is 0 Å². The monoisotopic (exact) mass is 746 g/mol. The van der Waals surface area contributed by atoms with Crippen LogP contribution in [0.3, 0.4) is 0 Å². The summed E-state index contributed by atoms with van der Waals surface area (Å²) in [5.41, 5.74) is 11.5. The van der Waals surface area contributed by atoms with Gasteiger partial charge in [0.2, 0.25) is 11.8 Å². The normalized spacial score (nSPS) is 12.8. The maximum absolute atomic E-state index is 13.6. The second kappa shape index (κ2) is 19.3. The van der Waals surface area contributed by atoms with E-state index in [0.29, 0.717) is 17.7 Å². The molecule has 0 unspecified atom stereocenters. The highest BCUT2D eigenvalue weighted by atomic mass is 35.5. The lowest BCUT2D eigenvalue weighted by atomic mass is 9.98. The van der Waals surface area contributed by atoms with E-state index in [4.69, 9.17) is 26.8 Å². The van der Waals surface area contributed by atoms with Gasteiger partial charge in [0.15, 0.2) is 0 Å². The molecule has 13 nitrogen and oxygen atoms in total. The number of nitrogens with zero attached hydrogens (tertiary/aromatic N) is 1. The SMILES string of the molecule is C=CCOC(=O)N[C@H](C(=O)N[C@@H](CCCNC(N)=O)C(=O)Nc1ccc(CCl)c(CN(C)C(=O)OCC2c3ccccc3-c3ccccc32)c1)C(C)C. The van der Waals surface area contributed by atoms with Gasteiger partial charge in [-0.15, -0.1) is 11.6 Å². The molecule has 0 aromatic heterocycles. The first-order valence-electron chi connectivity index (χ1n) is 17.4. The number of halogens is 1. The van der Waals surface area contributed by atoms with Gasteiger partial charge in [0, 0.05) is 37.6 Å². The predicted octanol–water partition coefficient (Wildman–Crippen LogP) is 5.61. The van der Waals surface area contributed by atoms with Gasteiger partial charge in [-0.05, 0) is 64.3 Å². The van der Waals surface area contributed by atoms with Gasteiger partial charge in [-0.3, -0.25) is 9.59 Å². The van der Waals surface area contributed by atoms with E-state index in [1.165, 1.54) is 11.0 Å². The smallest absolute Gasteiger partial charge is 0.409 e. The standard InChI is InChI=1S/C39H47ClN6O7/c1-5-19-52-38(50)45-34(24(2)3)36(48)44-33(15-10-18-42-37(41)49)35(47)43-27-17-16-25(21-40)26(20-27)22-46(4)39(51)53-23-32-30-13-8-6-11-28(30)29-12-7-9-14-31(29)32/h5-9,11-14,16-17,20,24,32-34H,1,10,15,18-19,21-23H2,2-4H3,(H,43,47)(H,44,48)(H,45,50)(H3,41,42,49)/t33-,34-/m0/s1. The molecule has 0 saturated heterocycles. The molecular formula is C39H47ClN6O7. The van der Waals surface area contributed by atoms with Gasteiger partial charge in [-0.25, -0.2) is 14.4 Å². The number of amides is 6. The third kappa shape index (κ3) is 11.0. The minimum Gasteiger partial charge on any atom is -0.448 e. The van der Waals surface area contributed by atoms with Gasteiger partial charge in [0.1, 0.15) is 25.3 Å². The molecule has 282 valence electrons. The topological polar surface area (TPSA) is 181 Å². The highest BCUT2D eigenvalue weighted by Gasteiger charge is 2.31. The molecule has 2 atom stereocenters. The number of rotatable bonds is 17. The average Bonchev–Trinajstić information content (AvgIpc) is 3.46. The van der Waals surface area contributed by atoms with Crippen LogP contribution in [0.4, 0.5) is 20.1 Å². The van der Waals surface area contributed by atoms with E-state index in [1.807, 2.05) is 24.3 Å². The molecule has 6 amide bonds. The number of fused-ring (bicyclic) bond motifs is 3. The predicted molar refractivity (Wildman–Crippen MR) is 203 cm³/mol. The number of nitrogens with two attached hydrogens (primary N) is 1. The maximum atomic E-state index is 13.6. The highest BCUT2D eigenvalue weighted by molar-refractivity contribution is 6.17. The van der Waals surface area contributed by atoms with Crippen molar-refractivity contribution in [2.45, 2.75) is 57.1 Å². The number of anilines is 1. The van der Waals surface area contributed by atoms with Crippen LogP contribution in [-0.4, -0.2) is 73.8 Å². The van der Waals surface area contributed by atoms with Gasteiger partial charge in [-0.2, -0.15) is 0 Å². The Bertz CT molecular complexity index is 1760. The molecule has 0 radical (unpaired) electrons. The molecule has 0 heterocycles. The van der Waals surface area contributed by atoms with E-state index in [1.54, 1.807) is 39.1 Å². The molecule has 0 saturated carbocycles. The van der Waals surface area contributed by atoms with Crippen LogP contribution in [0.1, 0.15) is 54.9 Å². The van der Waals surface area contributed by atoms with E-state index in [9.17, 15) is 24.0 Å². The van der Waals surface area contributed by atoms with Crippen LogP contribution in [0.25, 0.3) is 11.1 Å². The lowest BCUT2D eigenvalue weighted by Gasteiger charge is -2.25. The molecule has 0 fully saturated rings. The van der Waals surface area contributed by atoms with Gasteiger partial charge in [0.25, 0.3) is 0 Å². The second-order valence-corrected chi connectivity index (χ2v) is 13.3. The summed E-state index contributed by atoms with van der Waals surface area (Å²) in [7, 11) is 1.63. The third-order valence-corrected chi connectivity index (χ3v) is 9.12. The lowest BCUT2D eigenvalue weighted by molar-refractivity contribution is -0.128. The summed E-state index contributed by atoms with van der Waals surface area (Å²) in [6.07, 6.45) is 0.524. The summed E-state index contributed by atoms with van der Waals surface area (Å²) in [4.78, 5) is 65.1. The van der Waals surface area contributed by atoms with Crippen molar-refractivity contribution in [3.8, 4) is 11.1 Å². The molecule has 1 aliphatic rings. The van der Waals surface area contributed by atoms with Crippen molar-refractivity contribution >= 4 is 47.3 Å². The van der Waals surface area contributed by atoms with Crippen molar-refractivity contribution in [3.63, 3.8) is 0 Å². The molecule has 0 spiro atoms. The van der Waals surface area contributed by atoms with Crippen LogP contribution < -0.4 is 27.0 Å². The summed E-state index contributed by atoms with van der Waals surface area (Å²) in [6, 6.07) is 18.6. The molecule has 6 N–H and O–H groups in total. The van der Waals surface area contributed by atoms with Crippen LogP contribution in [0.2, 0.25) is 0 Å². The summed E-state index contributed by atoms with van der Waals surface area (Å²) in [5.74, 6) is -1.41. The Morgan fingerprint density at radius 3 is 2.19 bits per heavy atom. The first-order valence-corrected chi connectivity index (χ1v) is 17.9. The number of ether oxygens (including phenoxy) is 2. The fourth-order valence-corrected chi connectivity index (χ4v) is 6.38. The number of nitrogens with one attached hydrogen (secondary N) is 4. The van der Waals surface area contributed by atoms with E-state index in [2.05, 4.69) is 52.1 Å². The van der Waals surface area contributed by atoms with Gasteiger partial charge < -0.3 is 41.4 Å².